The van der Waals surface area contributed by atoms with Crippen molar-refractivity contribution in [3.63, 3.8) is 0 Å². The lowest BCUT2D eigenvalue weighted by molar-refractivity contribution is 0.0955. The van der Waals surface area contributed by atoms with Gasteiger partial charge in [0.2, 0.25) is 5.75 Å². The molecule has 132 valence electrons. The number of hydrazone groups is 1. The number of methoxy groups -OCH3 is 3. The van der Waals surface area contributed by atoms with Gasteiger partial charge in [0, 0.05) is 10.6 Å². The molecule has 0 unspecified atom stereocenters. The molecule has 0 aliphatic carbocycles. The van der Waals surface area contributed by atoms with Gasteiger partial charge < -0.3 is 14.2 Å². The second-order valence-corrected chi connectivity index (χ2v) is 5.63. The van der Waals surface area contributed by atoms with Crippen molar-refractivity contribution < 1.29 is 19.0 Å². The molecule has 0 aromatic heterocycles. The van der Waals surface area contributed by atoms with Crippen molar-refractivity contribution in [2.75, 3.05) is 21.3 Å². The summed E-state index contributed by atoms with van der Waals surface area (Å²) < 4.78 is 15.8. The van der Waals surface area contributed by atoms with Crippen LogP contribution in [0.25, 0.3) is 0 Å². The lowest BCUT2D eigenvalue weighted by Crippen LogP contribution is -2.18. The molecule has 0 aliphatic rings. The van der Waals surface area contributed by atoms with E-state index < -0.39 is 5.91 Å². The fourth-order valence-electron chi connectivity index (χ4n) is 2.07. The minimum atomic E-state index is -0.476. The third-order valence-corrected chi connectivity index (χ3v) is 3.80. The molecule has 0 aliphatic heterocycles. The summed E-state index contributed by atoms with van der Waals surface area (Å²) in [5.74, 6) is 0.952. The molecule has 6 nitrogen and oxygen atoms in total. The number of ether oxygens (including phenoxy) is 3. The first-order chi connectivity index (χ1) is 12.0. The molecule has 0 radical (unpaired) electrons. The number of nitrogens with zero attached hydrogens (tertiary/aromatic N) is 1. The fraction of sp³-hybridized carbons (Fsp3) is 0.176. The predicted molar refractivity (Wildman–Crippen MR) is 97.6 cm³/mol. The molecular weight excluding hydrogens is 367 g/mol. The van der Waals surface area contributed by atoms with E-state index in [0.29, 0.717) is 27.8 Å². The number of carbonyl (C=O) groups is 1. The largest absolute Gasteiger partial charge is 0.493 e. The van der Waals surface area contributed by atoms with Crippen molar-refractivity contribution >= 4 is 35.3 Å². The van der Waals surface area contributed by atoms with Crippen LogP contribution in [0.4, 0.5) is 0 Å². The van der Waals surface area contributed by atoms with Gasteiger partial charge in [-0.15, -0.1) is 0 Å². The average molecular weight is 383 g/mol. The number of hydrogen-bond acceptors (Lipinski definition) is 5. The normalized spacial score (nSPS) is 10.6. The molecule has 1 N–H and O–H groups in total. The summed E-state index contributed by atoms with van der Waals surface area (Å²) in [7, 11) is 4.55. The number of benzene rings is 2. The fourth-order valence-corrected chi connectivity index (χ4v) is 2.45. The van der Waals surface area contributed by atoms with Gasteiger partial charge in [-0.2, -0.15) is 5.10 Å². The van der Waals surface area contributed by atoms with Crippen molar-refractivity contribution in [2.45, 2.75) is 0 Å². The Kier molecular flexibility index (Phi) is 6.50. The lowest BCUT2D eigenvalue weighted by Gasteiger charge is -2.12. The van der Waals surface area contributed by atoms with E-state index in [4.69, 9.17) is 37.4 Å². The van der Waals surface area contributed by atoms with Crippen molar-refractivity contribution in [3.05, 3.63) is 51.5 Å². The number of amides is 1. The van der Waals surface area contributed by atoms with E-state index in [0.717, 1.165) is 0 Å². The predicted octanol–water partition coefficient (Wildman–Crippen LogP) is 3.78. The van der Waals surface area contributed by atoms with Crippen molar-refractivity contribution in [2.24, 2.45) is 5.10 Å². The van der Waals surface area contributed by atoms with E-state index in [9.17, 15) is 4.79 Å². The maximum Gasteiger partial charge on any atom is 0.272 e. The lowest BCUT2D eigenvalue weighted by atomic mass is 10.2. The van der Waals surface area contributed by atoms with Crippen LogP contribution in [-0.2, 0) is 0 Å². The Morgan fingerprint density at radius 3 is 2.24 bits per heavy atom. The number of nitrogens with one attached hydrogen (secondary N) is 1. The first kappa shape index (κ1) is 18.9. The zero-order valence-electron chi connectivity index (χ0n) is 13.8. The average Bonchev–Trinajstić information content (AvgIpc) is 2.62. The van der Waals surface area contributed by atoms with E-state index in [-0.39, 0.29) is 10.6 Å². The maximum absolute atomic E-state index is 12.1. The van der Waals surface area contributed by atoms with Gasteiger partial charge in [-0.25, -0.2) is 5.43 Å². The monoisotopic (exact) mass is 382 g/mol. The molecule has 0 bridgehead atoms. The standard InChI is InChI=1S/C17H16Cl2N2O4/c1-23-14-6-10(7-15(24-2)16(14)25-3)9-20-21-17(22)12-8-11(18)4-5-13(12)19/h4-9H,1-3H3,(H,21,22)/b20-9-. The maximum atomic E-state index is 12.1. The summed E-state index contributed by atoms with van der Waals surface area (Å²) in [6.45, 7) is 0. The van der Waals surface area contributed by atoms with Gasteiger partial charge in [-0.05, 0) is 30.3 Å². The Bertz CT molecular complexity index is 784. The van der Waals surface area contributed by atoms with Crippen LogP contribution in [0.5, 0.6) is 17.2 Å². The summed E-state index contributed by atoms with van der Waals surface area (Å²) in [6, 6.07) is 8.00. The van der Waals surface area contributed by atoms with Crippen LogP contribution >= 0.6 is 23.2 Å². The van der Waals surface area contributed by atoms with Crippen LogP contribution in [0.15, 0.2) is 35.4 Å². The van der Waals surface area contributed by atoms with Gasteiger partial charge in [0.1, 0.15) is 0 Å². The highest BCUT2D eigenvalue weighted by molar-refractivity contribution is 6.35. The number of hydrogen-bond donors (Lipinski definition) is 1. The van der Waals surface area contributed by atoms with Gasteiger partial charge in [0.05, 0.1) is 38.1 Å². The van der Waals surface area contributed by atoms with Gasteiger partial charge in [0.25, 0.3) is 5.91 Å². The molecule has 25 heavy (non-hydrogen) atoms. The van der Waals surface area contributed by atoms with Crippen LogP contribution in [0.2, 0.25) is 10.0 Å². The zero-order chi connectivity index (χ0) is 18.4. The Balaban J connectivity index is 2.19. The van der Waals surface area contributed by atoms with Crippen molar-refractivity contribution in [1.82, 2.24) is 5.43 Å². The van der Waals surface area contributed by atoms with Gasteiger partial charge in [0.15, 0.2) is 11.5 Å². The van der Waals surface area contributed by atoms with E-state index in [1.165, 1.54) is 33.6 Å². The topological polar surface area (TPSA) is 69.2 Å². The molecule has 0 spiro atoms. The van der Waals surface area contributed by atoms with Crippen LogP contribution in [0.1, 0.15) is 15.9 Å². The van der Waals surface area contributed by atoms with E-state index in [2.05, 4.69) is 10.5 Å². The third-order valence-electron chi connectivity index (χ3n) is 3.24. The molecule has 1 amide bonds. The number of rotatable bonds is 6. The molecule has 0 saturated heterocycles. The van der Waals surface area contributed by atoms with Crippen molar-refractivity contribution in [1.29, 1.82) is 0 Å². The van der Waals surface area contributed by atoms with Gasteiger partial charge in [-0.1, -0.05) is 23.2 Å². The molecule has 8 heteroatoms. The Labute approximate surface area is 155 Å². The summed E-state index contributed by atoms with van der Waals surface area (Å²) in [4.78, 5) is 12.1. The highest BCUT2D eigenvalue weighted by Gasteiger charge is 2.13. The van der Waals surface area contributed by atoms with Crippen LogP contribution in [0.3, 0.4) is 0 Å². The van der Waals surface area contributed by atoms with Crippen molar-refractivity contribution in [3.8, 4) is 17.2 Å². The smallest absolute Gasteiger partial charge is 0.272 e. The van der Waals surface area contributed by atoms with Gasteiger partial charge >= 0.3 is 0 Å². The van der Waals surface area contributed by atoms with E-state index in [1.54, 1.807) is 24.3 Å². The number of carbonyl (C=O) groups excluding carboxylic acids is 1. The Morgan fingerprint density at radius 1 is 1.04 bits per heavy atom. The number of halogens is 2. The Hall–Kier alpha value is -2.44. The molecular formula is C17H16Cl2N2O4. The zero-order valence-corrected chi connectivity index (χ0v) is 15.3. The molecule has 2 rings (SSSR count). The van der Waals surface area contributed by atoms with Crippen LogP contribution in [-0.4, -0.2) is 33.5 Å². The summed E-state index contributed by atoms with van der Waals surface area (Å²) >= 11 is 11.9. The SMILES string of the molecule is COc1cc(/C=N\NC(=O)c2cc(Cl)ccc2Cl)cc(OC)c1OC. The summed E-state index contributed by atoms with van der Waals surface area (Å²) in [6.07, 6.45) is 1.45. The summed E-state index contributed by atoms with van der Waals surface area (Å²) in [5, 5.41) is 4.60. The molecule has 0 saturated carbocycles. The summed E-state index contributed by atoms with van der Waals surface area (Å²) in [5.41, 5.74) is 3.27. The van der Waals surface area contributed by atoms with Crippen LogP contribution < -0.4 is 19.6 Å². The van der Waals surface area contributed by atoms with Gasteiger partial charge in [-0.3, -0.25) is 4.79 Å². The molecule has 0 atom stereocenters. The molecule has 0 fully saturated rings. The first-order valence-electron chi connectivity index (χ1n) is 7.08. The minimum Gasteiger partial charge on any atom is -0.493 e. The highest BCUT2D eigenvalue weighted by atomic mass is 35.5. The van der Waals surface area contributed by atoms with Crippen LogP contribution in [0, 0.1) is 0 Å². The molecule has 2 aromatic rings. The first-order valence-corrected chi connectivity index (χ1v) is 7.84. The molecule has 0 heterocycles. The molecule has 2 aromatic carbocycles. The second kappa shape index (κ2) is 8.60. The third kappa shape index (κ3) is 4.55. The quantitative estimate of drug-likeness (QED) is 0.609. The minimum absolute atomic E-state index is 0.233. The van der Waals surface area contributed by atoms with E-state index >= 15 is 0 Å². The van der Waals surface area contributed by atoms with E-state index in [1.807, 2.05) is 0 Å². The highest BCUT2D eigenvalue weighted by Crippen LogP contribution is 2.37. The second-order valence-electron chi connectivity index (χ2n) is 4.78. The Morgan fingerprint density at radius 2 is 1.68 bits per heavy atom.